The lowest BCUT2D eigenvalue weighted by Gasteiger charge is -2.46. The van der Waals surface area contributed by atoms with Gasteiger partial charge in [0.2, 0.25) is 6.29 Å². The lowest BCUT2D eigenvalue weighted by atomic mass is 9.77. The van der Waals surface area contributed by atoms with E-state index in [0.717, 1.165) is 0 Å². The largest absolute Gasteiger partial charge is 0.467 e. The zero-order valence-electron chi connectivity index (χ0n) is 25.8. The molecule has 0 unspecified atom stereocenters. The van der Waals surface area contributed by atoms with Crippen LogP contribution in [0.15, 0.2) is 11.8 Å². The van der Waals surface area contributed by atoms with E-state index in [-0.39, 0.29) is 25.7 Å². The number of aliphatic hydroxyl groups is 7. The molecule has 46 heavy (non-hydrogen) atoms. The second-order valence-electron chi connectivity index (χ2n) is 12.3. The van der Waals surface area contributed by atoms with Crippen molar-refractivity contribution in [2.45, 2.75) is 118 Å². The van der Waals surface area contributed by atoms with Gasteiger partial charge in [-0.2, -0.15) is 0 Å². The molecular formula is C28H53N5O13. The number of hydrogen-bond donors (Lipinski definition) is 12. The average Bonchev–Trinajstić information content (AvgIpc) is 3.34. The van der Waals surface area contributed by atoms with E-state index in [0.29, 0.717) is 44.5 Å². The van der Waals surface area contributed by atoms with Crippen molar-refractivity contribution in [3.8, 4) is 0 Å². The monoisotopic (exact) mass is 667 g/mol. The maximum atomic E-state index is 11.5. The zero-order chi connectivity index (χ0) is 33.5. The lowest BCUT2D eigenvalue weighted by molar-refractivity contribution is -0.283. The third-order valence-corrected chi connectivity index (χ3v) is 9.02. The summed E-state index contributed by atoms with van der Waals surface area (Å²) in [6.45, 7) is -0.189. The molecule has 16 atom stereocenters. The fourth-order valence-electron chi connectivity index (χ4n) is 6.37. The summed E-state index contributed by atoms with van der Waals surface area (Å²) in [5.41, 5.74) is 24.6. The SMILES string of the molecule is NC[C@@H]1O[C@H](O[C@H]2[C@@H](O)[C@H](O[C@@H]3[C@@H](O)[C@H](CCCO)C[C@H](N)[C@H]3O[C@H]3OC(CNCCO)=CC[C@H]3N)O[C@@H]2CO)[C@H](N)[C@@H](O)[C@@H]1O. The van der Waals surface area contributed by atoms with Crippen LogP contribution >= 0.6 is 0 Å². The molecule has 0 spiro atoms. The number of nitrogens with two attached hydrogens (primary N) is 4. The Hall–Kier alpha value is -1.14. The average molecular weight is 668 g/mol. The summed E-state index contributed by atoms with van der Waals surface area (Å²) in [5, 5.41) is 74.9. The van der Waals surface area contributed by atoms with Crippen molar-refractivity contribution in [3.05, 3.63) is 11.8 Å². The Morgan fingerprint density at radius 2 is 1.48 bits per heavy atom. The minimum Gasteiger partial charge on any atom is -0.467 e. The van der Waals surface area contributed by atoms with Gasteiger partial charge in [-0.15, -0.1) is 0 Å². The maximum absolute atomic E-state index is 11.5. The first-order valence-corrected chi connectivity index (χ1v) is 15.9. The first-order chi connectivity index (χ1) is 22.0. The molecule has 1 saturated carbocycles. The molecule has 4 rings (SSSR count). The van der Waals surface area contributed by atoms with E-state index in [9.17, 15) is 30.6 Å². The van der Waals surface area contributed by atoms with Gasteiger partial charge in [-0.3, -0.25) is 0 Å². The molecule has 4 aliphatic rings. The summed E-state index contributed by atoms with van der Waals surface area (Å²) in [6, 6.07) is -2.47. The summed E-state index contributed by atoms with van der Waals surface area (Å²) >= 11 is 0. The smallest absolute Gasteiger partial charge is 0.215 e. The molecule has 268 valence electrons. The number of hydrogen-bond acceptors (Lipinski definition) is 18. The van der Waals surface area contributed by atoms with E-state index in [1.807, 2.05) is 6.08 Å². The predicted molar refractivity (Wildman–Crippen MR) is 158 cm³/mol. The van der Waals surface area contributed by atoms with Gasteiger partial charge in [0.05, 0.1) is 37.9 Å². The molecule has 3 fully saturated rings. The van der Waals surface area contributed by atoms with Crippen LogP contribution in [0.3, 0.4) is 0 Å². The minimum absolute atomic E-state index is 0.0457. The van der Waals surface area contributed by atoms with Crippen LogP contribution < -0.4 is 28.3 Å². The van der Waals surface area contributed by atoms with E-state index in [4.69, 9.17) is 56.5 Å². The Bertz CT molecular complexity index is 955. The second kappa shape index (κ2) is 17.5. The summed E-state index contributed by atoms with van der Waals surface area (Å²) in [4.78, 5) is 0. The van der Waals surface area contributed by atoms with Gasteiger partial charge >= 0.3 is 0 Å². The Balaban J connectivity index is 1.50. The van der Waals surface area contributed by atoms with Gasteiger partial charge in [0, 0.05) is 25.7 Å². The molecule has 18 heteroatoms. The van der Waals surface area contributed by atoms with E-state index < -0.39 is 98.5 Å². The molecule has 0 aromatic rings. The number of rotatable bonds is 15. The molecule has 0 aromatic heterocycles. The van der Waals surface area contributed by atoms with Gasteiger partial charge in [-0.05, 0) is 37.7 Å². The molecule has 2 saturated heterocycles. The topological polar surface area (TPSA) is 313 Å². The predicted octanol–water partition coefficient (Wildman–Crippen LogP) is -6.03. The third-order valence-electron chi connectivity index (χ3n) is 9.02. The van der Waals surface area contributed by atoms with E-state index in [2.05, 4.69) is 5.32 Å². The van der Waals surface area contributed by atoms with Crippen LogP contribution in [0.1, 0.15) is 25.7 Å². The molecular weight excluding hydrogens is 614 g/mol. The molecule has 0 aromatic carbocycles. The zero-order valence-corrected chi connectivity index (χ0v) is 25.8. The summed E-state index contributed by atoms with van der Waals surface area (Å²) in [5.74, 6) is 0.168. The first-order valence-electron chi connectivity index (χ1n) is 15.9. The minimum atomic E-state index is -1.55. The Morgan fingerprint density at radius 3 is 2.15 bits per heavy atom. The number of nitrogens with one attached hydrogen (secondary N) is 1. The summed E-state index contributed by atoms with van der Waals surface area (Å²) < 4.78 is 35.8. The second-order valence-corrected chi connectivity index (χ2v) is 12.3. The van der Waals surface area contributed by atoms with Crippen molar-refractivity contribution in [2.75, 3.05) is 39.5 Å². The maximum Gasteiger partial charge on any atom is 0.215 e. The molecule has 0 bridgehead atoms. The highest BCUT2D eigenvalue weighted by Gasteiger charge is 2.53. The van der Waals surface area contributed by atoms with Crippen LogP contribution in [0.5, 0.6) is 0 Å². The van der Waals surface area contributed by atoms with Crippen molar-refractivity contribution >= 4 is 0 Å². The summed E-state index contributed by atoms with van der Waals surface area (Å²) in [7, 11) is 0. The first kappa shape index (κ1) is 37.7. The summed E-state index contributed by atoms with van der Waals surface area (Å²) in [6.07, 6.45) is -11.4. The molecule has 0 radical (unpaired) electrons. The van der Waals surface area contributed by atoms with Crippen LogP contribution in [0.2, 0.25) is 0 Å². The Morgan fingerprint density at radius 1 is 0.783 bits per heavy atom. The Kier molecular flexibility index (Phi) is 14.3. The van der Waals surface area contributed by atoms with E-state index in [1.54, 1.807) is 0 Å². The molecule has 1 aliphatic carbocycles. The number of aliphatic hydroxyl groups excluding tert-OH is 7. The van der Waals surface area contributed by atoms with Gasteiger partial charge in [0.15, 0.2) is 12.6 Å². The van der Waals surface area contributed by atoms with Gasteiger partial charge in [-0.25, -0.2) is 0 Å². The number of ether oxygens (including phenoxy) is 6. The van der Waals surface area contributed by atoms with Crippen LogP contribution in [0, 0.1) is 5.92 Å². The highest BCUT2D eigenvalue weighted by molar-refractivity contribution is 5.04. The standard InChI is InChI=1S/C28H53N5O13/c29-9-16-20(38)21(39)18(32)27(42-16)45-24-17(11-36)43-28(22(24)40)46-25-19(37)12(2-1-6-34)8-15(31)23(25)44-26-14(30)4-3-13(41-26)10-33-5-7-35/h3,12,14-28,33-40H,1-2,4-11,29-32H2/t12-,14-,15+,16+,17-,18-,19+,20-,21-,22-,23-,24-,25-,26-,27-,28+/m1/s1. The van der Waals surface area contributed by atoms with Gasteiger partial charge < -0.3 is 92.4 Å². The van der Waals surface area contributed by atoms with Crippen LogP contribution in [-0.2, 0) is 28.4 Å². The molecule has 3 heterocycles. The van der Waals surface area contributed by atoms with Gasteiger partial charge in [0.1, 0.15) is 54.6 Å². The van der Waals surface area contributed by atoms with Crippen LogP contribution in [0.4, 0.5) is 0 Å². The van der Waals surface area contributed by atoms with Crippen molar-refractivity contribution in [3.63, 3.8) is 0 Å². The fraction of sp³-hybridized carbons (Fsp3) is 0.929. The van der Waals surface area contributed by atoms with E-state index in [1.165, 1.54) is 0 Å². The molecule has 0 amide bonds. The molecule has 3 aliphatic heterocycles. The quantitative estimate of drug-likeness (QED) is 0.0723. The normalized spacial score (nSPS) is 45.0. The highest BCUT2D eigenvalue weighted by Crippen LogP contribution is 2.37. The van der Waals surface area contributed by atoms with Crippen molar-refractivity contribution in [2.24, 2.45) is 28.9 Å². The van der Waals surface area contributed by atoms with Gasteiger partial charge in [0.25, 0.3) is 0 Å². The van der Waals surface area contributed by atoms with Crippen molar-refractivity contribution in [1.82, 2.24) is 5.32 Å². The van der Waals surface area contributed by atoms with E-state index >= 15 is 0 Å². The highest BCUT2D eigenvalue weighted by atomic mass is 16.8. The van der Waals surface area contributed by atoms with Crippen molar-refractivity contribution < 1.29 is 64.2 Å². The fourth-order valence-corrected chi connectivity index (χ4v) is 6.37. The molecule has 16 N–H and O–H groups in total. The van der Waals surface area contributed by atoms with Crippen molar-refractivity contribution in [1.29, 1.82) is 0 Å². The molecule has 18 nitrogen and oxygen atoms in total. The third kappa shape index (κ3) is 8.71. The lowest BCUT2D eigenvalue weighted by Crippen LogP contribution is -2.64. The Labute approximate surface area is 267 Å². The van der Waals surface area contributed by atoms with Gasteiger partial charge in [-0.1, -0.05) is 0 Å². The van der Waals surface area contributed by atoms with Crippen LogP contribution in [-0.4, -0.2) is 167 Å². The van der Waals surface area contributed by atoms with Crippen LogP contribution in [0.25, 0.3) is 0 Å².